The molecule has 0 saturated heterocycles. The number of nitrogens with zero attached hydrogens (tertiary/aromatic N) is 2. The maximum atomic E-state index is 12.7. The number of halogens is 1. The minimum Gasteiger partial charge on any atom is -0.280 e. The molecule has 2 aromatic rings. The standard InChI is InChI=1S/C22H23ClN4O4S/c1-22(2)15-4-3-14(19(22)11-15)13-24-25-20-10-9-18(12-21(20)27(28)29)32(30,31)26-17-7-5-16(23)6-8-17/h3,5-10,12-13,15,19,25-26H,4,11H2,1-2H3/t15-,19+/m0/s1. The number of nitro groups is 1. The topological polar surface area (TPSA) is 114 Å². The molecule has 0 radical (unpaired) electrons. The first-order chi connectivity index (χ1) is 15.1. The molecule has 5 rings (SSSR count). The Bertz CT molecular complexity index is 1220. The predicted molar refractivity (Wildman–Crippen MR) is 126 cm³/mol. The molecule has 32 heavy (non-hydrogen) atoms. The number of rotatable bonds is 7. The molecule has 2 atom stereocenters. The second-order valence-corrected chi connectivity index (χ2v) is 10.8. The van der Waals surface area contributed by atoms with E-state index in [9.17, 15) is 18.5 Å². The van der Waals surface area contributed by atoms with E-state index in [1.807, 2.05) is 0 Å². The summed E-state index contributed by atoms with van der Waals surface area (Å²) in [6, 6.07) is 9.73. The average Bonchev–Trinajstić information content (AvgIpc) is 2.75. The number of hydrogen-bond acceptors (Lipinski definition) is 6. The van der Waals surface area contributed by atoms with Gasteiger partial charge in [0, 0.05) is 16.8 Å². The Balaban J connectivity index is 1.52. The number of fused-ring (bicyclic) bond motifs is 1. The van der Waals surface area contributed by atoms with Crippen LogP contribution in [0, 0.1) is 27.4 Å². The molecule has 0 aliphatic heterocycles. The maximum Gasteiger partial charge on any atom is 0.295 e. The lowest BCUT2D eigenvalue weighted by atomic mass is 9.49. The largest absolute Gasteiger partial charge is 0.295 e. The molecule has 10 heteroatoms. The van der Waals surface area contributed by atoms with Crippen molar-refractivity contribution >= 4 is 44.9 Å². The SMILES string of the molecule is CC1(C)[C@H]2CC=C(C=NNc3ccc(S(=O)(=O)Nc4ccc(Cl)cc4)cc3[N+](=O)[O-])[C@H]1C2. The molecule has 0 unspecified atom stereocenters. The summed E-state index contributed by atoms with van der Waals surface area (Å²) in [6.07, 6.45) is 6.02. The highest BCUT2D eigenvalue weighted by molar-refractivity contribution is 7.92. The molecule has 3 aliphatic carbocycles. The van der Waals surface area contributed by atoms with Crippen LogP contribution in [0.2, 0.25) is 5.02 Å². The molecule has 2 N–H and O–H groups in total. The molecular formula is C22H23ClN4O4S. The van der Waals surface area contributed by atoms with Gasteiger partial charge in [-0.3, -0.25) is 20.3 Å². The summed E-state index contributed by atoms with van der Waals surface area (Å²) in [5, 5.41) is 16.2. The first kappa shape index (κ1) is 22.3. The Labute approximate surface area is 191 Å². The lowest BCUT2D eigenvalue weighted by Crippen LogP contribution is -2.48. The van der Waals surface area contributed by atoms with Crippen LogP contribution in [-0.2, 0) is 10.0 Å². The van der Waals surface area contributed by atoms with Crippen LogP contribution in [0.4, 0.5) is 17.1 Å². The Morgan fingerprint density at radius 2 is 1.94 bits per heavy atom. The van der Waals surface area contributed by atoms with E-state index in [4.69, 9.17) is 11.6 Å². The number of benzene rings is 2. The van der Waals surface area contributed by atoms with Crippen molar-refractivity contribution in [2.75, 3.05) is 10.1 Å². The van der Waals surface area contributed by atoms with Crippen LogP contribution in [0.3, 0.4) is 0 Å². The third-order valence-corrected chi connectivity index (χ3v) is 8.11. The monoisotopic (exact) mass is 474 g/mol. The Kier molecular flexibility index (Phi) is 5.72. The Morgan fingerprint density at radius 3 is 2.56 bits per heavy atom. The zero-order valence-corrected chi connectivity index (χ0v) is 19.2. The van der Waals surface area contributed by atoms with Crippen molar-refractivity contribution < 1.29 is 13.3 Å². The van der Waals surface area contributed by atoms with Crippen molar-refractivity contribution in [1.82, 2.24) is 0 Å². The van der Waals surface area contributed by atoms with Crippen LogP contribution in [0.1, 0.15) is 26.7 Å². The van der Waals surface area contributed by atoms with Crippen LogP contribution >= 0.6 is 11.6 Å². The van der Waals surface area contributed by atoms with Gasteiger partial charge in [0.2, 0.25) is 0 Å². The molecule has 3 aliphatic rings. The third kappa shape index (κ3) is 4.22. The smallest absolute Gasteiger partial charge is 0.280 e. The fraction of sp³-hybridized carbons (Fsp3) is 0.318. The van der Waals surface area contributed by atoms with Gasteiger partial charge in [0.25, 0.3) is 15.7 Å². The second-order valence-electron chi connectivity index (χ2n) is 8.66. The molecule has 1 saturated carbocycles. The van der Waals surface area contributed by atoms with Crippen molar-refractivity contribution in [2.45, 2.75) is 31.6 Å². The second kappa shape index (κ2) is 8.22. The Morgan fingerprint density at radius 1 is 1.22 bits per heavy atom. The first-order valence-corrected chi connectivity index (χ1v) is 12.0. The summed E-state index contributed by atoms with van der Waals surface area (Å²) < 4.78 is 27.7. The lowest BCUT2D eigenvalue weighted by molar-refractivity contribution is -0.384. The lowest BCUT2D eigenvalue weighted by Gasteiger charge is -2.55. The molecule has 168 valence electrons. The van der Waals surface area contributed by atoms with Gasteiger partial charge in [-0.25, -0.2) is 8.42 Å². The van der Waals surface area contributed by atoms with Crippen LogP contribution in [-0.4, -0.2) is 19.6 Å². The van der Waals surface area contributed by atoms with Gasteiger partial charge >= 0.3 is 0 Å². The number of nitro benzene ring substituents is 1. The highest BCUT2D eigenvalue weighted by Crippen LogP contribution is 2.58. The maximum absolute atomic E-state index is 12.7. The van der Waals surface area contributed by atoms with Crippen LogP contribution in [0.15, 0.2) is 64.1 Å². The van der Waals surface area contributed by atoms with Crippen LogP contribution < -0.4 is 10.1 Å². The normalized spacial score (nSPS) is 21.5. The van der Waals surface area contributed by atoms with Gasteiger partial charge in [-0.1, -0.05) is 31.5 Å². The van der Waals surface area contributed by atoms with E-state index in [1.54, 1.807) is 18.3 Å². The fourth-order valence-corrected chi connectivity index (χ4v) is 5.58. The minimum atomic E-state index is -4.02. The molecule has 0 aromatic heterocycles. The van der Waals surface area contributed by atoms with Crippen LogP contribution in [0.5, 0.6) is 0 Å². The van der Waals surface area contributed by atoms with Crippen molar-refractivity contribution in [3.05, 3.63) is 69.3 Å². The molecule has 8 nitrogen and oxygen atoms in total. The zero-order valence-electron chi connectivity index (χ0n) is 17.6. The first-order valence-electron chi connectivity index (χ1n) is 10.1. The summed E-state index contributed by atoms with van der Waals surface area (Å²) in [5.41, 5.74) is 4.09. The summed E-state index contributed by atoms with van der Waals surface area (Å²) in [6.45, 7) is 4.50. The van der Waals surface area contributed by atoms with Gasteiger partial charge in [0.15, 0.2) is 0 Å². The van der Waals surface area contributed by atoms with E-state index in [0.29, 0.717) is 22.5 Å². The molecule has 1 fully saturated rings. The van der Waals surface area contributed by atoms with Crippen molar-refractivity contribution in [2.24, 2.45) is 22.4 Å². The fourth-order valence-electron chi connectivity index (χ4n) is 4.38. The molecular weight excluding hydrogens is 452 g/mol. The summed E-state index contributed by atoms with van der Waals surface area (Å²) in [4.78, 5) is 10.7. The summed E-state index contributed by atoms with van der Waals surface area (Å²) >= 11 is 5.81. The number of nitrogens with one attached hydrogen (secondary N) is 2. The number of hydrazone groups is 1. The van der Waals surface area contributed by atoms with Gasteiger partial charge in [0.05, 0.1) is 16.0 Å². The molecule has 0 amide bonds. The summed E-state index contributed by atoms with van der Waals surface area (Å²) in [7, 11) is -4.02. The van der Waals surface area contributed by atoms with Gasteiger partial charge < -0.3 is 0 Å². The number of sulfonamides is 1. The number of anilines is 2. The third-order valence-electron chi connectivity index (χ3n) is 6.48. The Hall–Kier alpha value is -2.91. The van der Waals surface area contributed by atoms with Gasteiger partial charge in [-0.15, -0.1) is 0 Å². The molecule has 2 bridgehead atoms. The van der Waals surface area contributed by atoms with E-state index >= 15 is 0 Å². The predicted octanol–water partition coefficient (Wildman–Crippen LogP) is 5.44. The van der Waals surface area contributed by atoms with Gasteiger partial charge in [0.1, 0.15) is 5.69 Å². The number of hydrogen-bond donors (Lipinski definition) is 2. The van der Waals surface area contributed by atoms with E-state index in [2.05, 4.69) is 35.2 Å². The molecule has 0 spiro atoms. The van der Waals surface area contributed by atoms with Crippen molar-refractivity contribution in [3.8, 4) is 0 Å². The highest BCUT2D eigenvalue weighted by atomic mass is 35.5. The number of allylic oxidation sites excluding steroid dienone is 2. The average molecular weight is 475 g/mol. The van der Waals surface area contributed by atoms with E-state index < -0.39 is 14.9 Å². The minimum absolute atomic E-state index is 0.110. The van der Waals surface area contributed by atoms with Gasteiger partial charge in [-0.05, 0) is 72.1 Å². The molecule has 0 heterocycles. The van der Waals surface area contributed by atoms with Crippen molar-refractivity contribution in [3.63, 3.8) is 0 Å². The van der Waals surface area contributed by atoms with Gasteiger partial charge in [-0.2, -0.15) is 5.10 Å². The quantitative estimate of drug-likeness (QED) is 0.315. The summed E-state index contributed by atoms with van der Waals surface area (Å²) in [5.74, 6) is 1.14. The van der Waals surface area contributed by atoms with E-state index in [-0.39, 0.29) is 21.7 Å². The zero-order chi connectivity index (χ0) is 23.1. The molecule has 2 aromatic carbocycles. The van der Waals surface area contributed by atoms with E-state index in [0.717, 1.165) is 24.5 Å². The van der Waals surface area contributed by atoms with E-state index in [1.165, 1.54) is 24.3 Å². The highest BCUT2D eigenvalue weighted by Gasteiger charge is 2.50. The van der Waals surface area contributed by atoms with Crippen LogP contribution in [0.25, 0.3) is 0 Å². The van der Waals surface area contributed by atoms with Crippen molar-refractivity contribution in [1.29, 1.82) is 0 Å².